The summed E-state index contributed by atoms with van der Waals surface area (Å²) in [5, 5.41) is 0. The van der Waals surface area contributed by atoms with Crippen LogP contribution in [0, 0.1) is 0 Å². The lowest BCUT2D eigenvalue weighted by atomic mass is 9.89. The normalized spacial score (nSPS) is 16.2. The van der Waals surface area contributed by atoms with E-state index in [1.807, 2.05) is 24.3 Å². The highest BCUT2D eigenvalue weighted by Gasteiger charge is 2.20. The van der Waals surface area contributed by atoms with Gasteiger partial charge in [0.1, 0.15) is 5.82 Å². The van der Waals surface area contributed by atoms with Crippen LogP contribution in [0.2, 0.25) is 0 Å². The Kier molecular flexibility index (Phi) is 3.96. The molecule has 104 valence electrons. The standard InChI is InChI=1S/C15H17BrN4/c16-12-8-4-7-11(9-12)14-18-13(19-15(17)20-14)10-5-2-1-3-6-10/h4,7-10H,1-3,5-6H2,(H2,17,18,19,20). The number of nitrogen functional groups attached to an aromatic ring is 1. The first-order valence-electron chi connectivity index (χ1n) is 7.00. The van der Waals surface area contributed by atoms with Crippen molar-refractivity contribution < 1.29 is 0 Å². The van der Waals surface area contributed by atoms with Gasteiger partial charge in [-0.05, 0) is 25.0 Å². The van der Waals surface area contributed by atoms with Crippen molar-refractivity contribution in [3.05, 3.63) is 34.6 Å². The van der Waals surface area contributed by atoms with E-state index in [9.17, 15) is 0 Å². The van der Waals surface area contributed by atoms with Gasteiger partial charge in [-0.2, -0.15) is 9.97 Å². The van der Waals surface area contributed by atoms with E-state index in [4.69, 9.17) is 5.73 Å². The molecular formula is C15H17BrN4. The second kappa shape index (κ2) is 5.87. The van der Waals surface area contributed by atoms with Crippen LogP contribution < -0.4 is 5.73 Å². The van der Waals surface area contributed by atoms with E-state index in [0.29, 0.717) is 17.7 Å². The van der Waals surface area contributed by atoms with Crippen LogP contribution in [0.25, 0.3) is 11.4 Å². The van der Waals surface area contributed by atoms with Gasteiger partial charge in [-0.1, -0.05) is 47.3 Å². The molecule has 3 rings (SSSR count). The van der Waals surface area contributed by atoms with E-state index in [1.165, 1.54) is 19.3 Å². The van der Waals surface area contributed by atoms with Gasteiger partial charge in [0.2, 0.25) is 5.95 Å². The van der Waals surface area contributed by atoms with Crippen LogP contribution in [0.4, 0.5) is 5.95 Å². The Bertz CT molecular complexity index is 609. The van der Waals surface area contributed by atoms with E-state index in [1.54, 1.807) is 0 Å². The van der Waals surface area contributed by atoms with Crippen LogP contribution in [0.1, 0.15) is 43.8 Å². The van der Waals surface area contributed by atoms with Crippen molar-refractivity contribution in [2.24, 2.45) is 0 Å². The molecule has 0 saturated heterocycles. The van der Waals surface area contributed by atoms with Crippen LogP contribution in [-0.4, -0.2) is 15.0 Å². The number of aromatic nitrogens is 3. The van der Waals surface area contributed by atoms with E-state index in [-0.39, 0.29) is 0 Å². The van der Waals surface area contributed by atoms with Crippen molar-refractivity contribution in [2.45, 2.75) is 38.0 Å². The van der Waals surface area contributed by atoms with Gasteiger partial charge in [0.15, 0.2) is 5.82 Å². The lowest BCUT2D eigenvalue weighted by molar-refractivity contribution is 0.428. The molecule has 2 aromatic rings. The molecule has 1 aromatic carbocycles. The van der Waals surface area contributed by atoms with Gasteiger partial charge in [0, 0.05) is 16.0 Å². The molecule has 1 aromatic heterocycles. The van der Waals surface area contributed by atoms with Crippen molar-refractivity contribution in [1.29, 1.82) is 0 Å². The molecule has 2 N–H and O–H groups in total. The van der Waals surface area contributed by atoms with Gasteiger partial charge in [-0.3, -0.25) is 0 Å². The molecule has 0 spiro atoms. The first-order chi connectivity index (χ1) is 9.72. The smallest absolute Gasteiger partial charge is 0.223 e. The van der Waals surface area contributed by atoms with E-state index < -0.39 is 0 Å². The molecule has 1 heterocycles. The average molecular weight is 333 g/mol. The molecule has 0 bridgehead atoms. The summed E-state index contributed by atoms with van der Waals surface area (Å²) < 4.78 is 1.01. The second-order valence-electron chi connectivity index (χ2n) is 5.22. The zero-order valence-corrected chi connectivity index (χ0v) is 12.8. The fourth-order valence-electron chi connectivity index (χ4n) is 2.71. The minimum absolute atomic E-state index is 0.315. The summed E-state index contributed by atoms with van der Waals surface area (Å²) in [6.45, 7) is 0. The third-order valence-corrected chi connectivity index (χ3v) is 4.22. The Balaban J connectivity index is 1.97. The summed E-state index contributed by atoms with van der Waals surface area (Å²) in [5.41, 5.74) is 6.83. The fourth-order valence-corrected chi connectivity index (χ4v) is 3.11. The summed E-state index contributed by atoms with van der Waals surface area (Å²) in [6, 6.07) is 7.94. The number of halogens is 1. The van der Waals surface area contributed by atoms with Crippen LogP contribution in [0.5, 0.6) is 0 Å². The predicted molar refractivity (Wildman–Crippen MR) is 83.2 cm³/mol. The average Bonchev–Trinajstić information content (AvgIpc) is 2.47. The molecule has 5 heteroatoms. The van der Waals surface area contributed by atoms with Crippen molar-refractivity contribution in [1.82, 2.24) is 15.0 Å². The van der Waals surface area contributed by atoms with Gasteiger partial charge < -0.3 is 5.73 Å². The Morgan fingerprint density at radius 3 is 2.60 bits per heavy atom. The minimum Gasteiger partial charge on any atom is -0.368 e. The third-order valence-electron chi connectivity index (χ3n) is 3.72. The number of hydrogen-bond acceptors (Lipinski definition) is 4. The second-order valence-corrected chi connectivity index (χ2v) is 6.14. The van der Waals surface area contributed by atoms with Gasteiger partial charge in [0.25, 0.3) is 0 Å². The Hall–Kier alpha value is -1.49. The molecule has 1 aliphatic rings. The lowest BCUT2D eigenvalue weighted by Gasteiger charge is -2.20. The molecule has 20 heavy (non-hydrogen) atoms. The Morgan fingerprint density at radius 1 is 1.05 bits per heavy atom. The molecule has 1 saturated carbocycles. The van der Waals surface area contributed by atoms with E-state index >= 15 is 0 Å². The molecule has 0 aliphatic heterocycles. The number of benzene rings is 1. The number of nitrogens with two attached hydrogens (primary N) is 1. The van der Waals surface area contributed by atoms with Gasteiger partial charge in [-0.15, -0.1) is 0 Å². The molecule has 1 fully saturated rings. The SMILES string of the molecule is Nc1nc(-c2cccc(Br)c2)nc(C2CCCCC2)n1. The summed E-state index contributed by atoms with van der Waals surface area (Å²) in [4.78, 5) is 13.3. The van der Waals surface area contributed by atoms with Crippen molar-refractivity contribution in [3.63, 3.8) is 0 Å². The largest absolute Gasteiger partial charge is 0.368 e. The van der Waals surface area contributed by atoms with E-state index in [0.717, 1.165) is 28.7 Å². The third kappa shape index (κ3) is 2.98. The summed E-state index contributed by atoms with van der Waals surface area (Å²) in [5.74, 6) is 2.27. The highest BCUT2D eigenvalue weighted by atomic mass is 79.9. The molecule has 1 aliphatic carbocycles. The minimum atomic E-state index is 0.315. The highest BCUT2D eigenvalue weighted by molar-refractivity contribution is 9.10. The number of nitrogens with zero attached hydrogens (tertiary/aromatic N) is 3. The molecule has 0 amide bonds. The Labute approximate surface area is 127 Å². The fraction of sp³-hybridized carbons (Fsp3) is 0.400. The van der Waals surface area contributed by atoms with Gasteiger partial charge in [0.05, 0.1) is 0 Å². The van der Waals surface area contributed by atoms with Crippen molar-refractivity contribution >= 4 is 21.9 Å². The maximum atomic E-state index is 5.87. The van der Waals surface area contributed by atoms with Gasteiger partial charge >= 0.3 is 0 Å². The number of anilines is 1. The van der Waals surface area contributed by atoms with Crippen LogP contribution in [0.3, 0.4) is 0 Å². The topological polar surface area (TPSA) is 64.7 Å². The maximum absolute atomic E-state index is 5.87. The summed E-state index contributed by atoms with van der Waals surface area (Å²) in [7, 11) is 0. The molecule has 4 nitrogen and oxygen atoms in total. The van der Waals surface area contributed by atoms with Crippen molar-refractivity contribution in [2.75, 3.05) is 5.73 Å². The molecule has 0 unspecified atom stereocenters. The van der Waals surface area contributed by atoms with Crippen LogP contribution in [-0.2, 0) is 0 Å². The zero-order valence-electron chi connectivity index (χ0n) is 11.2. The first kappa shape index (κ1) is 13.5. The van der Waals surface area contributed by atoms with Gasteiger partial charge in [-0.25, -0.2) is 4.98 Å². The summed E-state index contributed by atoms with van der Waals surface area (Å²) in [6.07, 6.45) is 6.13. The highest BCUT2D eigenvalue weighted by Crippen LogP contribution is 2.31. The van der Waals surface area contributed by atoms with E-state index in [2.05, 4.69) is 30.9 Å². The van der Waals surface area contributed by atoms with Crippen molar-refractivity contribution in [3.8, 4) is 11.4 Å². The molecule has 0 atom stereocenters. The number of rotatable bonds is 2. The molecule has 0 radical (unpaired) electrons. The zero-order chi connectivity index (χ0) is 13.9. The number of hydrogen-bond donors (Lipinski definition) is 1. The lowest BCUT2D eigenvalue weighted by Crippen LogP contribution is -2.12. The first-order valence-corrected chi connectivity index (χ1v) is 7.79. The summed E-state index contributed by atoms with van der Waals surface area (Å²) >= 11 is 3.47. The quantitative estimate of drug-likeness (QED) is 0.904. The predicted octanol–water partition coefficient (Wildman–Crippen LogP) is 3.93. The maximum Gasteiger partial charge on any atom is 0.223 e. The Morgan fingerprint density at radius 2 is 1.85 bits per heavy atom. The van der Waals surface area contributed by atoms with Crippen LogP contribution >= 0.6 is 15.9 Å². The monoisotopic (exact) mass is 332 g/mol. The van der Waals surface area contributed by atoms with Crippen LogP contribution in [0.15, 0.2) is 28.7 Å². The molecular weight excluding hydrogens is 316 g/mol.